The van der Waals surface area contributed by atoms with E-state index in [1.807, 2.05) is 18.3 Å². The van der Waals surface area contributed by atoms with Crippen LogP contribution in [-0.4, -0.2) is 33.1 Å². The highest BCUT2D eigenvalue weighted by Crippen LogP contribution is 2.41. The van der Waals surface area contributed by atoms with Crippen LogP contribution in [0.4, 0.5) is 0 Å². The van der Waals surface area contributed by atoms with Crippen molar-refractivity contribution in [1.82, 2.24) is 19.5 Å². The van der Waals surface area contributed by atoms with Crippen LogP contribution in [0.25, 0.3) is 5.65 Å². The average molecular weight is 392 g/mol. The molecule has 0 amide bonds. The number of benzene rings is 1. The number of pyridine rings is 1. The van der Waals surface area contributed by atoms with Gasteiger partial charge in [0, 0.05) is 12.6 Å². The van der Waals surface area contributed by atoms with E-state index < -0.39 is 0 Å². The number of hydrogen-bond donors (Lipinski definition) is 1. The summed E-state index contributed by atoms with van der Waals surface area (Å²) in [7, 11) is 2.17. The van der Waals surface area contributed by atoms with E-state index in [1.54, 1.807) is 0 Å². The first-order valence-electron chi connectivity index (χ1n) is 10.5. The van der Waals surface area contributed by atoms with Crippen molar-refractivity contribution in [2.75, 3.05) is 13.6 Å². The van der Waals surface area contributed by atoms with E-state index in [4.69, 9.17) is 10.5 Å². The van der Waals surface area contributed by atoms with Crippen LogP contribution in [0.1, 0.15) is 68.2 Å². The van der Waals surface area contributed by atoms with Crippen molar-refractivity contribution in [3.05, 3.63) is 59.5 Å². The molecule has 6 heteroatoms. The second-order valence-corrected chi connectivity index (χ2v) is 9.37. The zero-order chi connectivity index (χ0) is 20.2. The average Bonchev–Trinajstić information content (AvgIpc) is 3.23. The number of rotatable bonds is 3. The molecule has 1 aliphatic carbocycles. The number of hydrogen-bond acceptors (Lipinski definition) is 5. The lowest BCUT2D eigenvalue weighted by Gasteiger charge is -2.30. The van der Waals surface area contributed by atoms with E-state index in [0.29, 0.717) is 0 Å². The van der Waals surface area contributed by atoms with Crippen molar-refractivity contribution in [1.29, 1.82) is 0 Å². The predicted molar refractivity (Wildman–Crippen MR) is 113 cm³/mol. The van der Waals surface area contributed by atoms with Gasteiger partial charge in [0.15, 0.2) is 11.5 Å². The Morgan fingerprint density at radius 3 is 2.62 bits per heavy atom. The van der Waals surface area contributed by atoms with Gasteiger partial charge in [-0.05, 0) is 55.0 Å². The molecule has 0 spiro atoms. The number of ether oxygens (including phenoxy) is 1. The van der Waals surface area contributed by atoms with Crippen LogP contribution in [0, 0.1) is 5.41 Å². The minimum atomic E-state index is 0.0245. The van der Waals surface area contributed by atoms with Crippen LogP contribution in [0.15, 0.2) is 42.6 Å². The molecule has 2 aromatic heterocycles. The van der Waals surface area contributed by atoms with Crippen molar-refractivity contribution >= 4 is 5.65 Å². The Balaban J connectivity index is 1.46. The Morgan fingerprint density at radius 2 is 1.86 bits per heavy atom. The number of likely N-dealkylation sites (tertiary alicyclic amines) is 1. The third-order valence-corrected chi connectivity index (χ3v) is 6.42. The van der Waals surface area contributed by atoms with Crippen molar-refractivity contribution in [3.63, 3.8) is 0 Å². The second-order valence-electron chi connectivity index (χ2n) is 9.37. The van der Waals surface area contributed by atoms with Gasteiger partial charge in [0.1, 0.15) is 11.9 Å². The molecule has 2 unspecified atom stereocenters. The normalized spacial score (nSPS) is 26.6. The molecule has 5 rings (SSSR count). The highest BCUT2D eigenvalue weighted by atomic mass is 16.5. The highest BCUT2D eigenvalue weighted by Gasteiger charge is 2.38. The summed E-state index contributed by atoms with van der Waals surface area (Å²) in [5, 5.41) is 8.92. The van der Waals surface area contributed by atoms with E-state index >= 15 is 0 Å². The van der Waals surface area contributed by atoms with Crippen LogP contribution < -0.4 is 10.5 Å². The molecule has 6 nitrogen and oxygen atoms in total. The third-order valence-electron chi connectivity index (χ3n) is 6.42. The lowest BCUT2D eigenvalue weighted by Crippen LogP contribution is -2.23. The van der Waals surface area contributed by atoms with Crippen molar-refractivity contribution in [2.45, 2.75) is 51.3 Å². The third kappa shape index (κ3) is 3.30. The van der Waals surface area contributed by atoms with Gasteiger partial charge < -0.3 is 10.5 Å². The van der Waals surface area contributed by atoms with Crippen LogP contribution in [0.2, 0.25) is 0 Å². The molecule has 2 N–H and O–H groups in total. The molecule has 0 radical (unpaired) electrons. The monoisotopic (exact) mass is 391 g/mol. The molecule has 2 aliphatic rings. The SMILES string of the molecule is CN1CC(C)(C)C[C@H]1c1nnc2ccc(OC3CCC(N)c4ccccc43)cn12. The summed E-state index contributed by atoms with van der Waals surface area (Å²) in [6, 6.07) is 12.7. The van der Waals surface area contributed by atoms with E-state index in [9.17, 15) is 0 Å². The molecule has 1 fully saturated rings. The lowest BCUT2D eigenvalue weighted by atomic mass is 9.86. The van der Waals surface area contributed by atoms with Gasteiger partial charge in [-0.3, -0.25) is 9.30 Å². The first-order chi connectivity index (χ1) is 13.9. The molecule has 1 aliphatic heterocycles. The predicted octanol–water partition coefficient (Wildman–Crippen LogP) is 4.05. The van der Waals surface area contributed by atoms with Crippen LogP contribution >= 0.6 is 0 Å². The largest absolute Gasteiger partial charge is 0.484 e. The fraction of sp³-hybridized carbons (Fsp3) is 0.478. The van der Waals surface area contributed by atoms with Crippen molar-refractivity contribution in [3.8, 4) is 5.75 Å². The number of nitrogens with two attached hydrogens (primary N) is 1. The summed E-state index contributed by atoms with van der Waals surface area (Å²) in [5.41, 5.74) is 9.85. The van der Waals surface area contributed by atoms with Gasteiger partial charge in [0.2, 0.25) is 0 Å². The van der Waals surface area contributed by atoms with Gasteiger partial charge >= 0.3 is 0 Å². The molecule has 152 valence electrons. The molecule has 29 heavy (non-hydrogen) atoms. The fourth-order valence-electron chi connectivity index (χ4n) is 5.07. The summed E-state index contributed by atoms with van der Waals surface area (Å²) in [5.74, 6) is 1.83. The Kier molecular flexibility index (Phi) is 4.37. The van der Waals surface area contributed by atoms with Crippen molar-refractivity contribution < 1.29 is 4.74 Å². The van der Waals surface area contributed by atoms with E-state index in [2.05, 4.69) is 64.7 Å². The molecule has 3 atom stereocenters. The molecule has 1 saturated heterocycles. The van der Waals surface area contributed by atoms with E-state index in [1.165, 1.54) is 11.1 Å². The first-order valence-corrected chi connectivity index (χ1v) is 10.5. The summed E-state index contributed by atoms with van der Waals surface area (Å²) in [6.07, 6.45) is 5.00. The fourth-order valence-corrected chi connectivity index (χ4v) is 5.07. The minimum Gasteiger partial charge on any atom is -0.484 e. The molecule has 0 saturated carbocycles. The van der Waals surface area contributed by atoms with Gasteiger partial charge in [-0.2, -0.15) is 0 Å². The van der Waals surface area contributed by atoms with Gasteiger partial charge in [-0.25, -0.2) is 0 Å². The summed E-state index contributed by atoms with van der Waals surface area (Å²) < 4.78 is 8.54. The van der Waals surface area contributed by atoms with E-state index in [0.717, 1.165) is 43.0 Å². The van der Waals surface area contributed by atoms with Crippen LogP contribution in [0.3, 0.4) is 0 Å². The molecule has 3 heterocycles. The highest BCUT2D eigenvalue weighted by molar-refractivity contribution is 5.43. The molecule has 0 bridgehead atoms. The smallest absolute Gasteiger partial charge is 0.161 e. The maximum atomic E-state index is 6.45. The molecule has 3 aromatic rings. The quantitative estimate of drug-likeness (QED) is 0.730. The summed E-state index contributed by atoms with van der Waals surface area (Å²) in [6.45, 7) is 5.68. The topological polar surface area (TPSA) is 68.7 Å². The Bertz CT molecular complexity index is 1040. The van der Waals surface area contributed by atoms with E-state index in [-0.39, 0.29) is 23.6 Å². The molecular formula is C23H29N5O. The lowest BCUT2D eigenvalue weighted by molar-refractivity contribution is 0.176. The maximum Gasteiger partial charge on any atom is 0.161 e. The second kappa shape index (κ2) is 6.82. The van der Waals surface area contributed by atoms with Gasteiger partial charge in [-0.15, -0.1) is 10.2 Å². The van der Waals surface area contributed by atoms with Crippen molar-refractivity contribution in [2.24, 2.45) is 11.1 Å². The zero-order valence-electron chi connectivity index (χ0n) is 17.4. The minimum absolute atomic E-state index is 0.0245. The molecule has 1 aromatic carbocycles. The van der Waals surface area contributed by atoms with Gasteiger partial charge in [0.05, 0.1) is 12.2 Å². The Labute approximate surface area is 171 Å². The standard InChI is InChI=1S/C23H29N5O/c1-23(2)12-19(27(3)14-23)22-26-25-21-11-8-15(13-28(21)22)29-20-10-9-18(24)16-6-4-5-7-17(16)20/h4-8,11,13,18-20H,9-10,12,14,24H2,1-3H3/t18?,19-,20?/m0/s1. The maximum absolute atomic E-state index is 6.45. The van der Waals surface area contributed by atoms with Gasteiger partial charge in [-0.1, -0.05) is 38.1 Å². The summed E-state index contributed by atoms with van der Waals surface area (Å²) >= 11 is 0. The number of fused-ring (bicyclic) bond motifs is 2. The summed E-state index contributed by atoms with van der Waals surface area (Å²) in [4.78, 5) is 2.38. The Hall–Kier alpha value is -2.44. The van der Waals surface area contributed by atoms with Gasteiger partial charge in [0.25, 0.3) is 0 Å². The number of nitrogens with zero attached hydrogens (tertiary/aromatic N) is 4. The zero-order valence-corrected chi connectivity index (χ0v) is 17.4. The Morgan fingerprint density at radius 1 is 1.07 bits per heavy atom. The first kappa shape index (κ1) is 18.6. The van der Waals surface area contributed by atoms with Crippen LogP contribution in [0.5, 0.6) is 5.75 Å². The van der Waals surface area contributed by atoms with Crippen LogP contribution in [-0.2, 0) is 0 Å². The molecular weight excluding hydrogens is 362 g/mol. The number of aromatic nitrogens is 3.